The molecule has 0 aromatic heterocycles. The van der Waals surface area contributed by atoms with Crippen LogP contribution in [0.4, 0.5) is 0 Å². The van der Waals surface area contributed by atoms with Gasteiger partial charge in [-0.1, -0.05) is 72.6 Å². The molecule has 0 saturated heterocycles. The van der Waals surface area contributed by atoms with Crippen LogP contribution >= 0.6 is 0 Å². The van der Waals surface area contributed by atoms with Crippen LogP contribution in [0.15, 0.2) is 0 Å². The Hall–Kier alpha value is -1.22. The maximum absolute atomic E-state index is 12.5. The smallest absolute Gasteiger partial charge is 0.308 e. The van der Waals surface area contributed by atoms with Gasteiger partial charge in [0.1, 0.15) is 12.2 Å². The van der Waals surface area contributed by atoms with Crippen molar-refractivity contribution in [1.82, 2.24) is 0 Å². The summed E-state index contributed by atoms with van der Waals surface area (Å²) >= 11 is 0. The molecule has 0 aliphatic rings. The van der Waals surface area contributed by atoms with Crippen LogP contribution in [0.2, 0.25) is 0 Å². The second kappa shape index (κ2) is 23.6. The van der Waals surface area contributed by atoms with Crippen LogP contribution in [0.1, 0.15) is 143 Å². The van der Waals surface area contributed by atoms with Crippen molar-refractivity contribution in [2.24, 2.45) is 0 Å². The summed E-state index contributed by atoms with van der Waals surface area (Å²) in [5, 5.41) is 40.9. The number of unbranched alkanes of at least 4 members (excludes halogenated alkanes) is 6. The molecule has 0 spiro atoms. The fourth-order valence-corrected chi connectivity index (χ4v) is 4.55. The Bertz CT molecular complexity index is 585. The Balaban J connectivity index is 4.81. The molecule has 0 aromatic rings. The normalized spacial score (nSPS) is 16.3. The van der Waals surface area contributed by atoms with E-state index in [1.807, 2.05) is 6.92 Å². The van der Waals surface area contributed by atoms with Crippen LogP contribution in [0.25, 0.3) is 0 Å². The highest BCUT2D eigenvalue weighted by Gasteiger charge is 2.25. The molecule has 0 aliphatic carbocycles. The SMILES string of the molecule is CCCCCC(O)CC(O)CC(=O)OC(CCCCC)CC(O)CC(=O)OC(CCCCC)CC(O)CC. The average molecular weight is 547 g/mol. The topological polar surface area (TPSA) is 134 Å². The van der Waals surface area contributed by atoms with Crippen molar-refractivity contribution < 1.29 is 39.5 Å². The summed E-state index contributed by atoms with van der Waals surface area (Å²) in [4.78, 5) is 25.0. The second-order valence-corrected chi connectivity index (χ2v) is 10.8. The Morgan fingerprint density at radius 2 is 0.921 bits per heavy atom. The van der Waals surface area contributed by atoms with Gasteiger partial charge < -0.3 is 29.9 Å². The van der Waals surface area contributed by atoms with Gasteiger partial charge in [0.05, 0.1) is 37.3 Å². The van der Waals surface area contributed by atoms with Crippen molar-refractivity contribution in [3.63, 3.8) is 0 Å². The first-order valence-electron chi connectivity index (χ1n) is 15.3. The molecule has 0 radical (unpaired) electrons. The lowest BCUT2D eigenvalue weighted by atomic mass is 10.0. The van der Waals surface area contributed by atoms with E-state index in [4.69, 9.17) is 9.47 Å². The van der Waals surface area contributed by atoms with Crippen molar-refractivity contribution in [3.8, 4) is 0 Å². The number of ether oxygens (including phenoxy) is 2. The lowest BCUT2D eigenvalue weighted by molar-refractivity contribution is -0.155. The molecule has 0 aromatic carbocycles. The third-order valence-electron chi connectivity index (χ3n) is 6.89. The number of rotatable bonds is 25. The molecule has 4 N–H and O–H groups in total. The van der Waals surface area contributed by atoms with E-state index in [-0.39, 0.29) is 31.8 Å². The van der Waals surface area contributed by atoms with E-state index in [9.17, 15) is 30.0 Å². The third kappa shape index (κ3) is 20.7. The molecular formula is C30H58O8. The molecule has 0 aliphatic heterocycles. The maximum atomic E-state index is 12.5. The fraction of sp³-hybridized carbons (Fsp3) is 0.933. The number of carbonyl (C=O) groups excluding carboxylic acids is 2. The van der Waals surface area contributed by atoms with Gasteiger partial charge in [0, 0.05) is 12.8 Å². The molecule has 6 unspecified atom stereocenters. The highest BCUT2D eigenvalue weighted by atomic mass is 16.5. The van der Waals surface area contributed by atoms with E-state index >= 15 is 0 Å². The van der Waals surface area contributed by atoms with Crippen LogP contribution in [0, 0.1) is 0 Å². The van der Waals surface area contributed by atoms with Gasteiger partial charge in [0.15, 0.2) is 0 Å². The summed E-state index contributed by atoms with van der Waals surface area (Å²) in [6.45, 7) is 8.13. The van der Waals surface area contributed by atoms with Crippen LogP contribution in [0.3, 0.4) is 0 Å². The van der Waals surface area contributed by atoms with Crippen molar-refractivity contribution in [1.29, 1.82) is 0 Å². The molecule has 0 bridgehead atoms. The van der Waals surface area contributed by atoms with Gasteiger partial charge >= 0.3 is 11.9 Å². The van der Waals surface area contributed by atoms with Crippen molar-refractivity contribution >= 4 is 11.9 Å². The minimum Gasteiger partial charge on any atom is -0.462 e. The Kier molecular flexibility index (Phi) is 22.9. The van der Waals surface area contributed by atoms with Crippen LogP contribution in [-0.2, 0) is 19.1 Å². The Morgan fingerprint density at radius 1 is 0.526 bits per heavy atom. The zero-order valence-corrected chi connectivity index (χ0v) is 24.6. The van der Waals surface area contributed by atoms with Gasteiger partial charge in [0.2, 0.25) is 0 Å². The summed E-state index contributed by atoms with van der Waals surface area (Å²) in [5.41, 5.74) is 0. The molecule has 0 fully saturated rings. The quantitative estimate of drug-likeness (QED) is 0.0889. The highest BCUT2D eigenvalue weighted by molar-refractivity contribution is 5.70. The van der Waals surface area contributed by atoms with Crippen molar-refractivity contribution in [2.75, 3.05) is 0 Å². The minimum absolute atomic E-state index is 0.110. The zero-order valence-electron chi connectivity index (χ0n) is 24.6. The van der Waals surface area contributed by atoms with E-state index in [0.717, 1.165) is 57.8 Å². The molecule has 6 atom stereocenters. The largest absolute Gasteiger partial charge is 0.462 e. The molecule has 8 heteroatoms. The number of aliphatic hydroxyl groups excluding tert-OH is 4. The van der Waals surface area contributed by atoms with Crippen LogP contribution < -0.4 is 0 Å². The molecule has 0 rings (SSSR count). The number of carbonyl (C=O) groups is 2. The van der Waals surface area contributed by atoms with Crippen LogP contribution in [-0.4, -0.2) is 69.0 Å². The van der Waals surface area contributed by atoms with Gasteiger partial charge in [0.25, 0.3) is 0 Å². The van der Waals surface area contributed by atoms with E-state index in [2.05, 4.69) is 20.8 Å². The van der Waals surface area contributed by atoms with Crippen LogP contribution in [0.5, 0.6) is 0 Å². The first kappa shape index (κ1) is 36.8. The van der Waals surface area contributed by atoms with E-state index in [1.165, 1.54) is 0 Å². The van der Waals surface area contributed by atoms with E-state index < -0.39 is 42.5 Å². The molecular weight excluding hydrogens is 488 g/mol. The molecule has 8 nitrogen and oxygen atoms in total. The van der Waals surface area contributed by atoms with Gasteiger partial charge in [-0.25, -0.2) is 0 Å². The van der Waals surface area contributed by atoms with E-state index in [1.54, 1.807) is 0 Å². The molecule has 226 valence electrons. The first-order chi connectivity index (χ1) is 18.1. The van der Waals surface area contributed by atoms with E-state index in [0.29, 0.717) is 32.1 Å². The molecule has 38 heavy (non-hydrogen) atoms. The fourth-order valence-electron chi connectivity index (χ4n) is 4.55. The standard InChI is InChI=1S/C30H58O8/c1-5-9-12-15-24(32)18-25(33)21-29(35)38-28(17-14-11-7-3)20-26(34)22-30(36)37-27(16-13-10-6-2)19-23(31)8-4/h23-28,31-34H,5-22H2,1-4H3. The number of esters is 2. The number of hydrogen-bond acceptors (Lipinski definition) is 8. The second-order valence-electron chi connectivity index (χ2n) is 10.8. The number of aliphatic hydroxyl groups is 4. The average Bonchev–Trinajstić information content (AvgIpc) is 2.83. The molecule has 0 amide bonds. The van der Waals surface area contributed by atoms with Gasteiger partial charge in [-0.15, -0.1) is 0 Å². The third-order valence-corrected chi connectivity index (χ3v) is 6.89. The predicted octanol–water partition coefficient (Wildman–Crippen LogP) is 5.36. The summed E-state index contributed by atoms with van der Waals surface area (Å²) in [6, 6.07) is 0. The Labute approximate surface area is 231 Å². The summed E-state index contributed by atoms with van der Waals surface area (Å²) in [6.07, 6.45) is 7.16. The lowest BCUT2D eigenvalue weighted by Gasteiger charge is -2.23. The number of hydrogen-bond donors (Lipinski definition) is 4. The first-order valence-corrected chi connectivity index (χ1v) is 15.3. The van der Waals surface area contributed by atoms with Gasteiger partial charge in [-0.05, 0) is 44.9 Å². The summed E-state index contributed by atoms with van der Waals surface area (Å²) in [7, 11) is 0. The monoisotopic (exact) mass is 546 g/mol. The maximum Gasteiger partial charge on any atom is 0.308 e. The highest BCUT2D eigenvalue weighted by Crippen LogP contribution is 2.19. The lowest BCUT2D eigenvalue weighted by Crippen LogP contribution is -2.30. The Morgan fingerprint density at radius 3 is 1.34 bits per heavy atom. The molecule has 0 heterocycles. The summed E-state index contributed by atoms with van der Waals surface area (Å²) < 4.78 is 11.2. The molecule has 0 saturated carbocycles. The zero-order chi connectivity index (χ0) is 28.8. The van der Waals surface area contributed by atoms with Gasteiger partial charge in [-0.2, -0.15) is 0 Å². The minimum atomic E-state index is -1.03. The van der Waals surface area contributed by atoms with Gasteiger partial charge in [-0.3, -0.25) is 9.59 Å². The predicted molar refractivity (Wildman–Crippen MR) is 150 cm³/mol. The van der Waals surface area contributed by atoms with Crippen molar-refractivity contribution in [2.45, 2.75) is 180 Å². The summed E-state index contributed by atoms with van der Waals surface area (Å²) in [5.74, 6) is -1.09. The van der Waals surface area contributed by atoms with Crippen molar-refractivity contribution in [3.05, 3.63) is 0 Å².